The Hall–Kier alpha value is -1.97. The highest BCUT2D eigenvalue weighted by Gasteiger charge is 2.13. The van der Waals surface area contributed by atoms with Crippen molar-refractivity contribution >= 4 is 5.69 Å². The fraction of sp³-hybridized carbons (Fsp3) is 0. The zero-order valence-electron chi connectivity index (χ0n) is 8.18. The van der Waals surface area contributed by atoms with Gasteiger partial charge in [0.15, 0.2) is 0 Å². The highest BCUT2D eigenvalue weighted by molar-refractivity contribution is 5.68. The second-order valence-electron chi connectivity index (χ2n) is 3.37. The van der Waals surface area contributed by atoms with Gasteiger partial charge >= 0.3 is 0 Å². The summed E-state index contributed by atoms with van der Waals surface area (Å²) in [6.07, 6.45) is 0. The minimum absolute atomic E-state index is 0.270. The normalized spacial score (nSPS) is 10.4. The lowest BCUT2D eigenvalue weighted by atomic mass is 10.0. The van der Waals surface area contributed by atoms with Crippen molar-refractivity contribution < 1.29 is 13.2 Å². The van der Waals surface area contributed by atoms with Crippen LogP contribution in [0.15, 0.2) is 36.4 Å². The molecule has 0 aliphatic heterocycles. The molecule has 2 aromatic carbocycles. The lowest BCUT2D eigenvalue weighted by Crippen LogP contribution is -1.93. The van der Waals surface area contributed by atoms with Crippen LogP contribution in [0, 0.1) is 17.5 Å². The molecule has 0 aliphatic carbocycles. The van der Waals surface area contributed by atoms with E-state index in [1.54, 1.807) is 12.1 Å². The predicted octanol–water partition coefficient (Wildman–Crippen LogP) is 3.35. The quantitative estimate of drug-likeness (QED) is 0.737. The summed E-state index contributed by atoms with van der Waals surface area (Å²) < 4.78 is 39.5. The molecule has 1 nitrogen and oxygen atoms in total. The summed E-state index contributed by atoms with van der Waals surface area (Å²) in [6.45, 7) is 0. The first-order valence-electron chi connectivity index (χ1n) is 4.58. The van der Waals surface area contributed by atoms with Gasteiger partial charge in [-0.3, -0.25) is 0 Å². The molecule has 82 valence electrons. The number of rotatable bonds is 1. The van der Waals surface area contributed by atoms with E-state index in [0.717, 1.165) is 0 Å². The summed E-state index contributed by atoms with van der Waals surface area (Å²) in [5.74, 6) is -2.83. The fourth-order valence-corrected chi connectivity index (χ4v) is 1.51. The summed E-state index contributed by atoms with van der Waals surface area (Å²) >= 11 is 0. The minimum atomic E-state index is -0.942. The van der Waals surface area contributed by atoms with Gasteiger partial charge in [-0.2, -0.15) is 0 Å². The van der Waals surface area contributed by atoms with Gasteiger partial charge in [0.25, 0.3) is 0 Å². The maximum atomic E-state index is 13.4. The van der Waals surface area contributed by atoms with Crippen LogP contribution in [0.3, 0.4) is 0 Å². The molecule has 0 saturated carbocycles. The van der Waals surface area contributed by atoms with Crippen LogP contribution in [0.5, 0.6) is 0 Å². The van der Waals surface area contributed by atoms with Crippen LogP contribution in [0.2, 0.25) is 0 Å². The smallest absolute Gasteiger partial charge is 0.136 e. The standard InChI is InChI=1S/C12H8F3N/c13-8-5-10(14)12(11(15)6-8)7-2-1-3-9(16)4-7/h1-6H,16H2. The van der Waals surface area contributed by atoms with Crippen molar-refractivity contribution in [3.05, 3.63) is 53.8 Å². The summed E-state index contributed by atoms with van der Waals surface area (Å²) in [5.41, 5.74) is 5.91. The van der Waals surface area contributed by atoms with Gasteiger partial charge in [-0.1, -0.05) is 12.1 Å². The van der Waals surface area contributed by atoms with Crippen LogP contribution in [-0.2, 0) is 0 Å². The van der Waals surface area contributed by atoms with E-state index in [-0.39, 0.29) is 11.1 Å². The number of halogens is 3. The van der Waals surface area contributed by atoms with E-state index in [1.807, 2.05) is 0 Å². The van der Waals surface area contributed by atoms with Crippen molar-refractivity contribution in [1.82, 2.24) is 0 Å². The van der Waals surface area contributed by atoms with Crippen LogP contribution in [-0.4, -0.2) is 0 Å². The highest BCUT2D eigenvalue weighted by Crippen LogP contribution is 2.27. The van der Waals surface area contributed by atoms with E-state index in [0.29, 0.717) is 17.8 Å². The molecular weight excluding hydrogens is 215 g/mol. The maximum absolute atomic E-state index is 13.4. The first-order chi connectivity index (χ1) is 7.58. The monoisotopic (exact) mass is 223 g/mol. The number of hydrogen-bond donors (Lipinski definition) is 1. The highest BCUT2D eigenvalue weighted by atomic mass is 19.1. The van der Waals surface area contributed by atoms with Crippen LogP contribution in [0.1, 0.15) is 0 Å². The van der Waals surface area contributed by atoms with Crippen LogP contribution in [0.25, 0.3) is 11.1 Å². The van der Waals surface area contributed by atoms with Crippen molar-refractivity contribution in [1.29, 1.82) is 0 Å². The van der Waals surface area contributed by atoms with Crippen molar-refractivity contribution in [3.8, 4) is 11.1 Å². The second-order valence-corrected chi connectivity index (χ2v) is 3.37. The largest absolute Gasteiger partial charge is 0.399 e. The lowest BCUT2D eigenvalue weighted by Gasteiger charge is -2.06. The van der Waals surface area contributed by atoms with Crippen molar-refractivity contribution in [2.45, 2.75) is 0 Å². The number of hydrogen-bond acceptors (Lipinski definition) is 1. The molecule has 0 aliphatic rings. The molecule has 0 unspecified atom stereocenters. The predicted molar refractivity (Wildman–Crippen MR) is 56.2 cm³/mol. The van der Waals surface area contributed by atoms with E-state index in [1.165, 1.54) is 12.1 Å². The third-order valence-corrected chi connectivity index (χ3v) is 2.18. The Balaban J connectivity index is 2.64. The second kappa shape index (κ2) is 3.89. The first kappa shape index (κ1) is 10.5. The molecule has 2 rings (SSSR count). The van der Waals surface area contributed by atoms with E-state index >= 15 is 0 Å². The van der Waals surface area contributed by atoms with Gasteiger partial charge in [0.1, 0.15) is 17.5 Å². The number of anilines is 1. The Bertz CT molecular complexity index is 515. The summed E-state index contributed by atoms with van der Waals surface area (Å²) in [4.78, 5) is 0. The Kier molecular flexibility index (Phi) is 2.56. The van der Waals surface area contributed by atoms with E-state index in [4.69, 9.17) is 5.73 Å². The maximum Gasteiger partial charge on any atom is 0.136 e. The average Bonchev–Trinajstić information content (AvgIpc) is 2.15. The lowest BCUT2D eigenvalue weighted by molar-refractivity contribution is 0.548. The van der Waals surface area contributed by atoms with Gasteiger partial charge in [0.2, 0.25) is 0 Å². The third-order valence-electron chi connectivity index (χ3n) is 2.18. The molecule has 4 heteroatoms. The zero-order valence-corrected chi connectivity index (χ0v) is 8.18. The van der Waals surface area contributed by atoms with Crippen molar-refractivity contribution in [2.24, 2.45) is 0 Å². The molecule has 0 amide bonds. The number of nitrogen functional groups attached to an aromatic ring is 1. The minimum Gasteiger partial charge on any atom is -0.399 e. The number of benzene rings is 2. The molecule has 2 aromatic rings. The van der Waals surface area contributed by atoms with Gasteiger partial charge in [0, 0.05) is 17.8 Å². The van der Waals surface area contributed by atoms with Crippen LogP contribution < -0.4 is 5.73 Å². The Morgan fingerprint density at radius 3 is 2.06 bits per heavy atom. The van der Waals surface area contributed by atoms with E-state index in [2.05, 4.69) is 0 Å². The molecule has 0 heterocycles. The molecule has 0 bridgehead atoms. The van der Waals surface area contributed by atoms with Crippen molar-refractivity contribution in [2.75, 3.05) is 5.73 Å². The molecule has 0 radical (unpaired) electrons. The average molecular weight is 223 g/mol. The molecule has 2 N–H and O–H groups in total. The van der Waals surface area contributed by atoms with Gasteiger partial charge in [-0.25, -0.2) is 13.2 Å². The summed E-state index contributed by atoms with van der Waals surface area (Å²) in [5, 5.41) is 0. The van der Waals surface area contributed by atoms with Crippen LogP contribution >= 0.6 is 0 Å². The Morgan fingerprint density at radius 1 is 0.875 bits per heavy atom. The summed E-state index contributed by atoms with van der Waals surface area (Å²) in [7, 11) is 0. The molecular formula is C12H8F3N. The molecule has 0 fully saturated rings. The van der Waals surface area contributed by atoms with Gasteiger partial charge < -0.3 is 5.73 Å². The Morgan fingerprint density at radius 2 is 1.50 bits per heavy atom. The molecule has 0 saturated heterocycles. The molecule has 16 heavy (non-hydrogen) atoms. The molecule has 0 aromatic heterocycles. The number of nitrogens with two attached hydrogens (primary N) is 1. The topological polar surface area (TPSA) is 26.0 Å². The fourth-order valence-electron chi connectivity index (χ4n) is 1.51. The SMILES string of the molecule is Nc1cccc(-c2c(F)cc(F)cc2F)c1. The van der Waals surface area contributed by atoms with Crippen molar-refractivity contribution in [3.63, 3.8) is 0 Å². The van der Waals surface area contributed by atoms with Crippen LogP contribution in [0.4, 0.5) is 18.9 Å². The molecule has 0 atom stereocenters. The first-order valence-corrected chi connectivity index (χ1v) is 4.58. The Labute approximate surface area is 90.3 Å². The molecule has 0 spiro atoms. The van der Waals surface area contributed by atoms with E-state index in [9.17, 15) is 13.2 Å². The van der Waals surface area contributed by atoms with E-state index < -0.39 is 17.5 Å². The zero-order chi connectivity index (χ0) is 11.7. The van der Waals surface area contributed by atoms with Gasteiger partial charge in [0.05, 0.1) is 5.56 Å². The third kappa shape index (κ3) is 1.86. The summed E-state index contributed by atoms with van der Waals surface area (Å²) in [6, 6.07) is 7.40. The van der Waals surface area contributed by atoms with Gasteiger partial charge in [-0.05, 0) is 17.7 Å². The van der Waals surface area contributed by atoms with Gasteiger partial charge in [-0.15, -0.1) is 0 Å².